The first-order valence-electron chi connectivity index (χ1n) is 7.25. The van der Waals surface area contributed by atoms with Gasteiger partial charge in [0.25, 0.3) is 0 Å². The van der Waals surface area contributed by atoms with E-state index in [1.807, 2.05) is 29.6 Å². The lowest BCUT2D eigenvalue weighted by Gasteiger charge is -2.19. The Labute approximate surface area is 136 Å². The zero-order chi connectivity index (χ0) is 14.7. The van der Waals surface area contributed by atoms with Gasteiger partial charge >= 0.3 is 0 Å². The molecule has 1 amide bonds. The topological polar surface area (TPSA) is 42.0 Å². The van der Waals surface area contributed by atoms with Gasteiger partial charge in [0.1, 0.15) is 0 Å². The maximum atomic E-state index is 12.2. The van der Waals surface area contributed by atoms with Gasteiger partial charge in [-0.05, 0) is 25.0 Å². The molecule has 0 atom stereocenters. The number of nitrogens with zero attached hydrogens (tertiary/aromatic N) is 1. The van der Waals surface area contributed by atoms with Crippen molar-refractivity contribution in [2.24, 2.45) is 5.92 Å². The summed E-state index contributed by atoms with van der Waals surface area (Å²) in [5.41, 5.74) is 1.96. The highest BCUT2D eigenvalue weighted by atomic mass is 79.9. The molecular formula is C16H17BrN2OS. The van der Waals surface area contributed by atoms with Crippen molar-refractivity contribution in [3.05, 3.63) is 34.1 Å². The van der Waals surface area contributed by atoms with E-state index >= 15 is 0 Å². The second-order valence-electron chi connectivity index (χ2n) is 5.37. The maximum absolute atomic E-state index is 12.2. The number of anilines is 1. The molecule has 0 saturated heterocycles. The maximum Gasteiger partial charge on any atom is 0.229 e. The predicted octanol–water partition coefficient (Wildman–Crippen LogP) is 5.09. The summed E-state index contributed by atoms with van der Waals surface area (Å²) in [6.07, 6.45) is 5.61. The minimum Gasteiger partial charge on any atom is -0.302 e. The third-order valence-electron chi connectivity index (χ3n) is 3.83. The van der Waals surface area contributed by atoms with Crippen molar-refractivity contribution in [2.45, 2.75) is 32.1 Å². The lowest BCUT2D eigenvalue weighted by molar-refractivity contribution is -0.120. The lowest BCUT2D eigenvalue weighted by atomic mass is 9.89. The van der Waals surface area contributed by atoms with Crippen molar-refractivity contribution in [1.82, 2.24) is 4.98 Å². The van der Waals surface area contributed by atoms with Crippen molar-refractivity contribution in [3.63, 3.8) is 0 Å². The summed E-state index contributed by atoms with van der Waals surface area (Å²) in [5, 5.41) is 5.65. The lowest BCUT2D eigenvalue weighted by Crippen LogP contribution is -2.24. The second-order valence-corrected chi connectivity index (χ2v) is 7.15. The van der Waals surface area contributed by atoms with Gasteiger partial charge in [-0.3, -0.25) is 4.79 Å². The van der Waals surface area contributed by atoms with E-state index in [0.717, 1.165) is 28.6 Å². The Balaban J connectivity index is 1.69. The fraction of sp³-hybridized carbons (Fsp3) is 0.375. The molecule has 110 valence electrons. The summed E-state index contributed by atoms with van der Waals surface area (Å²) in [7, 11) is 0. The van der Waals surface area contributed by atoms with Crippen molar-refractivity contribution in [2.75, 3.05) is 5.32 Å². The minimum absolute atomic E-state index is 0.129. The number of carbonyl (C=O) groups excluding carboxylic acids is 1. The van der Waals surface area contributed by atoms with E-state index in [4.69, 9.17) is 0 Å². The third kappa shape index (κ3) is 3.71. The number of rotatable bonds is 3. The van der Waals surface area contributed by atoms with Crippen LogP contribution in [-0.4, -0.2) is 10.9 Å². The van der Waals surface area contributed by atoms with Gasteiger partial charge in [0.15, 0.2) is 5.13 Å². The van der Waals surface area contributed by atoms with Crippen LogP contribution in [0.25, 0.3) is 11.3 Å². The average Bonchev–Trinajstić information content (AvgIpc) is 2.97. The zero-order valence-corrected chi connectivity index (χ0v) is 14.0. The SMILES string of the molecule is O=C(Nc1nc(-c2cccc(Br)c2)cs1)C1CCCCC1. The van der Waals surface area contributed by atoms with E-state index in [-0.39, 0.29) is 11.8 Å². The number of thiazole rings is 1. The number of hydrogen-bond acceptors (Lipinski definition) is 3. The van der Waals surface area contributed by atoms with E-state index in [0.29, 0.717) is 5.13 Å². The van der Waals surface area contributed by atoms with E-state index in [2.05, 4.69) is 26.2 Å². The molecule has 1 aliphatic carbocycles. The number of benzene rings is 1. The number of carbonyl (C=O) groups is 1. The molecule has 5 heteroatoms. The van der Waals surface area contributed by atoms with Crippen molar-refractivity contribution in [3.8, 4) is 11.3 Å². The molecule has 0 bridgehead atoms. The summed E-state index contributed by atoms with van der Waals surface area (Å²) >= 11 is 4.95. The van der Waals surface area contributed by atoms with Gasteiger partial charge in [-0.1, -0.05) is 47.3 Å². The molecule has 21 heavy (non-hydrogen) atoms. The summed E-state index contributed by atoms with van der Waals surface area (Å²) < 4.78 is 1.03. The third-order valence-corrected chi connectivity index (χ3v) is 5.08. The smallest absolute Gasteiger partial charge is 0.229 e. The normalized spacial score (nSPS) is 15.9. The molecule has 1 aromatic heterocycles. The quantitative estimate of drug-likeness (QED) is 0.823. The molecule has 1 aliphatic rings. The Morgan fingerprint density at radius 1 is 1.29 bits per heavy atom. The first kappa shape index (κ1) is 14.7. The Morgan fingerprint density at radius 2 is 2.10 bits per heavy atom. The molecule has 1 fully saturated rings. The molecule has 0 unspecified atom stereocenters. The van der Waals surface area contributed by atoms with Gasteiger partial charge < -0.3 is 5.32 Å². The molecule has 2 aromatic rings. The Bertz CT molecular complexity index is 635. The number of amides is 1. The number of nitrogens with one attached hydrogen (secondary N) is 1. The molecule has 1 aromatic carbocycles. The fourth-order valence-corrected chi connectivity index (χ4v) is 3.81. The van der Waals surface area contributed by atoms with Gasteiger partial charge in [-0.15, -0.1) is 11.3 Å². The molecule has 0 spiro atoms. The molecule has 1 saturated carbocycles. The van der Waals surface area contributed by atoms with Crippen LogP contribution < -0.4 is 5.32 Å². The molecule has 0 aliphatic heterocycles. The van der Waals surface area contributed by atoms with Crippen LogP contribution in [0.15, 0.2) is 34.1 Å². The van der Waals surface area contributed by atoms with Crippen molar-refractivity contribution >= 4 is 38.3 Å². The van der Waals surface area contributed by atoms with E-state index < -0.39 is 0 Å². The standard InChI is InChI=1S/C16H17BrN2OS/c17-13-8-4-7-12(9-13)14-10-21-16(18-14)19-15(20)11-5-2-1-3-6-11/h4,7-11H,1-3,5-6H2,(H,18,19,20). The summed E-state index contributed by atoms with van der Waals surface area (Å²) in [6.45, 7) is 0. The molecule has 1 N–H and O–H groups in total. The van der Waals surface area contributed by atoms with Crippen LogP contribution in [0.3, 0.4) is 0 Å². The summed E-state index contributed by atoms with van der Waals surface area (Å²) in [5.74, 6) is 0.293. The highest BCUT2D eigenvalue weighted by molar-refractivity contribution is 9.10. The molecule has 3 rings (SSSR count). The van der Waals surface area contributed by atoms with Crippen LogP contribution in [0.2, 0.25) is 0 Å². The average molecular weight is 365 g/mol. The van der Waals surface area contributed by atoms with Crippen LogP contribution in [0.1, 0.15) is 32.1 Å². The van der Waals surface area contributed by atoms with E-state index in [1.54, 1.807) is 0 Å². The Hall–Kier alpha value is -1.20. The monoisotopic (exact) mass is 364 g/mol. The minimum atomic E-state index is 0.129. The fourth-order valence-electron chi connectivity index (χ4n) is 2.68. The highest BCUT2D eigenvalue weighted by Gasteiger charge is 2.21. The second kappa shape index (κ2) is 6.71. The van der Waals surface area contributed by atoms with Crippen LogP contribution in [0.5, 0.6) is 0 Å². The molecule has 3 nitrogen and oxygen atoms in total. The van der Waals surface area contributed by atoms with E-state index in [9.17, 15) is 4.79 Å². The first-order valence-corrected chi connectivity index (χ1v) is 8.92. The van der Waals surface area contributed by atoms with Gasteiger partial charge in [-0.25, -0.2) is 4.98 Å². The van der Waals surface area contributed by atoms with Gasteiger partial charge in [-0.2, -0.15) is 0 Å². The Kier molecular flexibility index (Phi) is 4.70. The highest BCUT2D eigenvalue weighted by Crippen LogP contribution is 2.29. The Morgan fingerprint density at radius 3 is 2.86 bits per heavy atom. The van der Waals surface area contributed by atoms with Gasteiger partial charge in [0.05, 0.1) is 5.69 Å². The van der Waals surface area contributed by atoms with Crippen LogP contribution in [0.4, 0.5) is 5.13 Å². The molecule has 1 heterocycles. The van der Waals surface area contributed by atoms with E-state index in [1.165, 1.54) is 30.6 Å². The van der Waals surface area contributed by atoms with Crippen LogP contribution in [-0.2, 0) is 4.79 Å². The zero-order valence-electron chi connectivity index (χ0n) is 11.6. The van der Waals surface area contributed by atoms with Crippen LogP contribution >= 0.6 is 27.3 Å². The first-order chi connectivity index (χ1) is 10.2. The number of halogens is 1. The van der Waals surface area contributed by atoms with Crippen molar-refractivity contribution in [1.29, 1.82) is 0 Å². The van der Waals surface area contributed by atoms with Crippen molar-refractivity contribution < 1.29 is 4.79 Å². The number of aromatic nitrogens is 1. The summed E-state index contributed by atoms with van der Waals surface area (Å²) in [4.78, 5) is 16.7. The number of hydrogen-bond donors (Lipinski definition) is 1. The largest absolute Gasteiger partial charge is 0.302 e. The van der Waals surface area contributed by atoms with Gasteiger partial charge in [0, 0.05) is 21.3 Å². The molecule has 0 radical (unpaired) electrons. The molecular weight excluding hydrogens is 348 g/mol. The summed E-state index contributed by atoms with van der Waals surface area (Å²) in [6, 6.07) is 8.02. The predicted molar refractivity (Wildman–Crippen MR) is 90.5 cm³/mol. The van der Waals surface area contributed by atoms with Crippen LogP contribution in [0, 0.1) is 5.92 Å². The van der Waals surface area contributed by atoms with Gasteiger partial charge in [0.2, 0.25) is 5.91 Å².